The van der Waals surface area contributed by atoms with Gasteiger partial charge in [0.25, 0.3) is 0 Å². The van der Waals surface area contributed by atoms with Gasteiger partial charge in [0.1, 0.15) is 11.9 Å². The highest BCUT2D eigenvalue weighted by atomic mass is 79.9. The number of rotatable bonds is 3. The van der Waals surface area contributed by atoms with Crippen LogP contribution >= 0.6 is 15.9 Å². The largest absolute Gasteiger partial charge is 0.480 e. The van der Waals surface area contributed by atoms with Crippen molar-refractivity contribution in [3.05, 3.63) is 50.0 Å². The Morgan fingerprint density at radius 3 is 2.70 bits per heavy atom. The van der Waals surface area contributed by atoms with E-state index >= 15 is 0 Å². The molecule has 0 spiro atoms. The average Bonchev–Trinajstić information content (AvgIpc) is 3.44. The molecule has 11 heteroatoms. The molecule has 156 valence electrons. The van der Waals surface area contributed by atoms with Gasteiger partial charge in [0.15, 0.2) is 17.5 Å². The van der Waals surface area contributed by atoms with Crippen molar-refractivity contribution in [3.63, 3.8) is 0 Å². The minimum Gasteiger partial charge on any atom is -0.480 e. The Balaban J connectivity index is 1.67. The fourth-order valence-electron chi connectivity index (χ4n) is 4.07. The van der Waals surface area contributed by atoms with Crippen LogP contribution in [-0.4, -0.2) is 43.9 Å². The molecule has 0 radical (unpaired) electrons. The summed E-state index contributed by atoms with van der Waals surface area (Å²) < 4.78 is 27.1. The average molecular weight is 479 g/mol. The molecule has 0 bridgehead atoms. The number of carboxylic acids is 1. The standard InChI is InChI=1S/C19H16BrFN4O5/c1-8-6-12(18(27)28)24-15(8)13(20)16(26)14-17(24)23-25(22-14)9-2-3-10(11(21)7-9)19-29-4-5-30-19/h2-3,7-8,12,19H,4-6H2,1H3,(H,27,28). The van der Waals surface area contributed by atoms with Crippen LogP contribution < -0.4 is 5.43 Å². The van der Waals surface area contributed by atoms with Gasteiger partial charge in [-0.2, -0.15) is 0 Å². The Labute approximate surface area is 177 Å². The van der Waals surface area contributed by atoms with Crippen molar-refractivity contribution in [3.8, 4) is 5.69 Å². The van der Waals surface area contributed by atoms with E-state index in [4.69, 9.17) is 9.47 Å². The molecule has 1 N–H and O–H groups in total. The number of nitrogens with zero attached hydrogens (tertiary/aromatic N) is 4. The molecule has 2 unspecified atom stereocenters. The van der Waals surface area contributed by atoms with Crippen molar-refractivity contribution in [1.82, 2.24) is 19.6 Å². The van der Waals surface area contributed by atoms with Crippen LogP contribution in [0.2, 0.25) is 0 Å². The van der Waals surface area contributed by atoms with Gasteiger partial charge in [-0.05, 0) is 34.5 Å². The van der Waals surface area contributed by atoms with Crippen LogP contribution in [0.4, 0.5) is 4.39 Å². The first-order valence-electron chi connectivity index (χ1n) is 9.33. The molecular weight excluding hydrogens is 463 g/mol. The molecule has 30 heavy (non-hydrogen) atoms. The van der Waals surface area contributed by atoms with Gasteiger partial charge in [0.05, 0.1) is 23.4 Å². The SMILES string of the molecule is CC1CC(C(=O)O)n2c1c(Br)c(=O)c1nn(-c3ccc(C4OCCO4)c(F)c3)nc12. The summed E-state index contributed by atoms with van der Waals surface area (Å²) in [4.78, 5) is 25.7. The zero-order valence-electron chi connectivity index (χ0n) is 15.7. The molecule has 5 rings (SSSR count). The van der Waals surface area contributed by atoms with Crippen molar-refractivity contribution in [1.29, 1.82) is 0 Å². The number of fused-ring (bicyclic) bond motifs is 3. The van der Waals surface area contributed by atoms with Crippen LogP contribution in [-0.2, 0) is 14.3 Å². The number of carbonyl (C=O) groups is 1. The summed E-state index contributed by atoms with van der Waals surface area (Å²) in [5.41, 5.74) is 0.901. The zero-order chi connectivity index (χ0) is 21.2. The Bertz CT molecular complexity index is 1250. The van der Waals surface area contributed by atoms with Gasteiger partial charge in [-0.3, -0.25) is 4.79 Å². The molecule has 9 nitrogen and oxygen atoms in total. The minimum absolute atomic E-state index is 0.0120. The van der Waals surface area contributed by atoms with Crippen LogP contribution in [0.1, 0.15) is 42.9 Å². The number of ether oxygens (including phenoxy) is 2. The maximum Gasteiger partial charge on any atom is 0.326 e. The van der Waals surface area contributed by atoms with Crippen molar-refractivity contribution in [2.75, 3.05) is 13.2 Å². The van der Waals surface area contributed by atoms with Gasteiger partial charge in [-0.1, -0.05) is 6.92 Å². The highest BCUT2D eigenvalue weighted by Gasteiger charge is 2.37. The first kappa shape index (κ1) is 19.3. The van der Waals surface area contributed by atoms with Gasteiger partial charge >= 0.3 is 5.97 Å². The maximum absolute atomic E-state index is 14.6. The van der Waals surface area contributed by atoms with Gasteiger partial charge in [0, 0.05) is 23.2 Å². The topological polar surface area (TPSA) is 108 Å². The Hall–Kier alpha value is -2.63. The molecule has 0 saturated carbocycles. The monoisotopic (exact) mass is 478 g/mol. The van der Waals surface area contributed by atoms with E-state index in [1.54, 1.807) is 6.07 Å². The zero-order valence-corrected chi connectivity index (χ0v) is 17.3. The third-order valence-corrected chi connectivity index (χ3v) is 6.22. The second-order valence-corrected chi connectivity index (χ2v) is 8.12. The molecule has 0 amide bonds. The van der Waals surface area contributed by atoms with Gasteiger partial charge in [-0.15, -0.1) is 15.0 Å². The van der Waals surface area contributed by atoms with E-state index in [-0.39, 0.29) is 38.2 Å². The maximum atomic E-state index is 14.6. The molecule has 1 fully saturated rings. The number of aliphatic carboxylic acids is 1. The fraction of sp³-hybridized carbons (Fsp3) is 0.368. The van der Waals surface area contributed by atoms with E-state index in [2.05, 4.69) is 26.1 Å². The highest BCUT2D eigenvalue weighted by Crippen LogP contribution is 2.40. The summed E-state index contributed by atoms with van der Waals surface area (Å²) in [6.45, 7) is 2.64. The molecule has 4 heterocycles. The van der Waals surface area contributed by atoms with Crippen molar-refractivity contribution in [2.24, 2.45) is 0 Å². The summed E-state index contributed by atoms with van der Waals surface area (Å²) in [5, 5.41) is 18.2. The second-order valence-electron chi connectivity index (χ2n) is 7.33. The molecule has 2 atom stereocenters. The predicted octanol–water partition coefficient (Wildman–Crippen LogP) is 2.66. The van der Waals surface area contributed by atoms with Crippen LogP contribution in [0.3, 0.4) is 0 Å². The van der Waals surface area contributed by atoms with E-state index in [0.717, 1.165) is 4.80 Å². The molecule has 2 aromatic heterocycles. The number of halogens is 2. The summed E-state index contributed by atoms with van der Waals surface area (Å²) in [5.74, 6) is -1.72. The van der Waals surface area contributed by atoms with Crippen molar-refractivity contribution < 1.29 is 23.8 Å². The van der Waals surface area contributed by atoms with E-state index < -0.39 is 24.1 Å². The van der Waals surface area contributed by atoms with Crippen molar-refractivity contribution in [2.45, 2.75) is 31.6 Å². The normalized spacial score (nSPS) is 21.4. The summed E-state index contributed by atoms with van der Waals surface area (Å²) in [6, 6.07) is 3.46. The van der Waals surface area contributed by atoms with Crippen LogP contribution in [0, 0.1) is 5.82 Å². The molecule has 2 aliphatic rings. The predicted molar refractivity (Wildman–Crippen MR) is 105 cm³/mol. The number of benzene rings is 1. The first-order chi connectivity index (χ1) is 14.4. The van der Waals surface area contributed by atoms with Crippen molar-refractivity contribution >= 4 is 33.1 Å². The molecule has 2 aliphatic heterocycles. The van der Waals surface area contributed by atoms with E-state index in [0.29, 0.717) is 25.3 Å². The number of aromatic nitrogens is 4. The lowest BCUT2D eigenvalue weighted by molar-refractivity contribution is -0.140. The summed E-state index contributed by atoms with van der Waals surface area (Å²) in [7, 11) is 0. The van der Waals surface area contributed by atoms with Crippen LogP contribution in [0.5, 0.6) is 0 Å². The van der Waals surface area contributed by atoms with Gasteiger partial charge in [0.2, 0.25) is 5.43 Å². The number of hydrogen-bond donors (Lipinski definition) is 1. The number of pyridine rings is 1. The Morgan fingerprint density at radius 1 is 1.30 bits per heavy atom. The smallest absolute Gasteiger partial charge is 0.326 e. The lowest BCUT2D eigenvalue weighted by atomic mass is 10.0. The molecule has 1 saturated heterocycles. The minimum atomic E-state index is -1.01. The molecular formula is C19H16BrFN4O5. The molecule has 3 aromatic rings. The quantitative estimate of drug-likeness (QED) is 0.616. The summed E-state index contributed by atoms with van der Waals surface area (Å²) in [6.07, 6.45) is -0.422. The lowest BCUT2D eigenvalue weighted by Crippen LogP contribution is -2.19. The Morgan fingerprint density at radius 2 is 2.03 bits per heavy atom. The van der Waals surface area contributed by atoms with E-state index in [1.807, 2.05) is 6.92 Å². The fourth-order valence-corrected chi connectivity index (χ4v) is 4.84. The van der Waals surface area contributed by atoms with E-state index in [1.165, 1.54) is 16.7 Å². The van der Waals surface area contributed by atoms with Gasteiger partial charge < -0.3 is 19.1 Å². The number of carboxylic acid groups (broad SMARTS) is 1. The Kier molecular flexibility index (Phi) is 4.49. The highest BCUT2D eigenvalue weighted by molar-refractivity contribution is 9.10. The van der Waals surface area contributed by atoms with Crippen LogP contribution in [0.25, 0.3) is 16.9 Å². The number of hydrogen-bond acceptors (Lipinski definition) is 6. The van der Waals surface area contributed by atoms with Crippen LogP contribution in [0.15, 0.2) is 27.5 Å². The molecule has 0 aliphatic carbocycles. The van der Waals surface area contributed by atoms with E-state index in [9.17, 15) is 19.1 Å². The molecule has 1 aromatic carbocycles. The second kappa shape index (κ2) is 6.96. The summed E-state index contributed by atoms with van der Waals surface area (Å²) >= 11 is 3.30. The van der Waals surface area contributed by atoms with Gasteiger partial charge in [-0.25, -0.2) is 9.18 Å². The third kappa shape index (κ3) is 2.80. The first-order valence-corrected chi connectivity index (χ1v) is 10.1. The lowest BCUT2D eigenvalue weighted by Gasteiger charge is -2.12. The third-order valence-electron chi connectivity index (χ3n) is 5.45.